The summed E-state index contributed by atoms with van der Waals surface area (Å²) in [5.41, 5.74) is 0. The number of phenols is 4. The van der Waals surface area contributed by atoms with Gasteiger partial charge in [-0.25, -0.2) is 16.8 Å². The summed E-state index contributed by atoms with van der Waals surface area (Å²) < 4.78 is 62.3. The zero-order chi connectivity index (χ0) is 18.7. The zero-order valence-corrected chi connectivity index (χ0v) is 15.8. The van der Waals surface area contributed by atoms with Gasteiger partial charge in [0.15, 0.2) is 0 Å². The molecule has 2 rings (SSSR count). The summed E-state index contributed by atoms with van der Waals surface area (Å²) in [6, 6.07) is 5.39. The van der Waals surface area contributed by atoms with Gasteiger partial charge in [-0.05, 0) is 24.3 Å². The Morgan fingerprint density at radius 2 is 0.923 bits per heavy atom. The largest absolute Gasteiger partial charge is 2.00 e. The van der Waals surface area contributed by atoms with E-state index in [2.05, 4.69) is 0 Å². The molecular weight excluding hydrogens is 409 g/mol. The van der Waals surface area contributed by atoms with Crippen molar-refractivity contribution < 1.29 is 51.8 Å². The van der Waals surface area contributed by atoms with Crippen molar-refractivity contribution in [2.45, 2.75) is 9.79 Å². The molecule has 140 valence electrons. The van der Waals surface area contributed by atoms with Gasteiger partial charge in [-0.15, -0.1) is 0 Å². The van der Waals surface area contributed by atoms with Crippen LogP contribution in [0.2, 0.25) is 0 Å². The van der Waals surface area contributed by atoms with E-state index in [-0.39, 0.29) is 40.0 Å². The fraction of sp³-hybridized carbons (Fsp3) is 0. The van der Waals surface area contributed by atoms with Gasteiger partial charge < -0.3 is 35.0 Å². The van der Waals surface area contributed by atoms with Crippen LogP contribution in [0.1, 0.15) is 0 Å². The van der Waals surface area contributed by atoms with Gasteiger partial charge in [0.2, 0.25) is 0 Å². The number of rotatable bonds is 2. The molecule has 0 aromatic heterocycles. The molecule has 0 heterocycles. The Morgan fingerprint density at radius 1 is 0.654 bits per heavy atom. The number of phenolic OH excluding ortho intramolecular Hbond substituents is 4. The zero-order valence-electron chi connectivity index (χ0n) is 12.7. The molecule has 26 heavy (non-hydrogen) atoms. The van der Waals surface area contributed by atoms with E-state index in [1.165, 1.54) is 0 Å². The van der Waals surface area contributed by atoms with Crippen LogP contribution >= 0.6 is 0 Å². The smallest absolute Gasteiger partial charge is 0.744 e. The summed E-state index contributed by atoms with van der Waals surface area (Å²) in [5.74, 6) is -2.10. The third-order valence-electron chi connectivity index (χ3n) is 2.43. The maximum absolute atomic E-state index is 10.4. The minimum absolute atomic E-state index is 0. The Bertz CT molecular complexity index is 876. The van der Waals surface area contributed by atoms with Crippen LogP contribution in [0.3, 0.4) is 0 Å². The van der Waals surface area contributed by atoms with E-state index in [4.69, 9.17) is 20.4 Å². The van der Waals surface area contributed by atoms with Crippen molar-refractivity contribution in [3.8, 4) is 23.0 Å². The van der Waals surface area contributed by atoms with Gasteiger partial charge in [-0.1, -0.05) is 0 Å². The molecule has 0 bridgehead atoms. The van der Waals surface area contributed by atoms with Gasteiger partial charge in [-0.2, -0.15) is 0 Å². The first-order valence-electron chi connectivity index (χ1n) is 5.78. The molecule has 0 radical (unpaired) electrons. The summed E-state index contributed by atoms with van der Waals surface area (Å²) in [6.45, 7) is 0. The standard InChI is InChI=1S/2C6H6O5S.Mg.H2O/c2*7-4-1-2-5(8)6(3-4)12(9,10)11;;/h2*1-3,7-8H,(H,9,10,11);;1H2/q;;+2;/p-2. The minimum Gasteiger partial charge on any atom is -0.744 e. The van der Waals surface area contributed by atoms with Crippen LogP contribution in [0.4, 0.5) is 0 Å². The first-order chi connectivity index (χ1) is 10.8. The molecule has 6 N–H and O–H groups in total. The van der Waals surface area contributed by atoms with Crippen molar-refractivity contribution in [3.05, 3.63) is 36.4 Å². The second kappa shape index (κ2) is 9.77. The van der Waals surface area contributed by atoms with E-state index in [9.17, 15) is 25.9 Å². The van der Waals surface area contributed by atoms with Crippen molar-refractivity contribution >= 4 is 43.3 Å². The molecule has 14 heteroatoms. The van der Waals surface area contributed by atoms with Gasteiger partial charge in [0.25, 0.3) is 0 Å². The molecule has 0 saturated heterocycles. The monoisotopic (exact) mass is 420 g/mol. The molecule has 0 aliphatic rings. The number of benzene rings is 2. The van der Waals surface area contributed by atoms with Crippen LogP contribution in [0, 0.1) is 0 Å². The molecule has 0 amide bonds. The first kappa shape index (κ1) is 26.4. The average molecular weight is 421 g/mol. The van der Waals surface area contributed by atoms with Crippen molar-refractivity contribution in [1.29, 1.82) is 0 Å². The molecule has 0 aliphatic heterocycles. The van der Waals surface area contributed by atoms with Crippen molar-refractivity contribution in [1.82, 2.24) is 0 Å². The topological polar surface area (TPSA) is 227 Å². The summed E-state index contributed by atoms with van der Waals surface area (Å²) in [7, 11) is -9.43. The normalized spacial score (nSPS) is 10.5. The molecule has 0 spiro atoms. The first-order valence-corrected chi connectivity index (χ1v) is 8.60. The van der Waals surface area contributed by atoms with Crippen molar-refractivity contribution in [3.63, 3.8) is 0 Å². The minimum atomic E-state index is -4.72. The molecule has 2 aromatic carbocycles. The van der Waals surface area contributed by atoms with Crippen molar-refractivity contribution in [2.24, 2.45) is 0 Å². The Morgan fingerprint density at radius 3 is 1.12 bits per heavy atom. The maximum atomic E-state index is 10.4. The second-order valence-electron chi connectivity index (χ2n) is 4.21. The van der Waals surface area contributed by atoms with Gasteiger partial charge in [-0.3, -0.25) is 0 Å². The van der Waals surface area contributed by atoms with E-state index in [1.54, 1.807) is 0 Å². The Balaban J connectivity index is 0. The fourth-order valence-corrected chi connectivity index (χ4v) is 2.58. The summed E-state index contributed by atoms with van der Waals surface area (Å²) in [6.07, 6.45) is 0. The SMILES string of the molecule is O.O=S(=O)([O-])c1cc(O)ccc1O.O=S(=O)([O-])c1cc(O)ccc1O.[Mg+2]. The molecule has 0 unspecified atom stereocenters. The molecule has 0 aliphatic carbocycles. The van der Waals surface area contributed by atoms with E-state index in [0.717, 1.165) is 24.3 Å². The summed E-state index contributed by atoms with van der Waals surface area (Å²) >= 11 is 0. The predicted molar refractivity (Wildman–Crippen MR) is 84.8 cm³/mol. The summed E-state index contributed by atoms with van der Waals surface area (Å²) in [5, 5.41) is 35.3. The number of hydrogen-bond acceptors (Lipinski definition) is 10. The van der Waals surface area contributed by atoms with Gasteiger partial charge in [0.05, 0.1) is 9.79 Å². The van der Waals surface area contributed by atoms with Crippen LogP contribution in [0.5, 0.6) is 23.0 Å². The second-order valence-corrected chi connectivity index (χ2v) is 6.91. The molecule has 0 saturated carbocycles. The average Bonchev–Trinajstić information content (AvgIpc) is 2.42. The van der Waals surface area contributed by atoms with Crippen LogP contribution < -0.4 is 0 Å². The van der Waals surface area contributed by atoms with Crippen molar-refractivity contribution in [2.75, 3.05) is 0 Å². The molecule has 0 fully saturated rings. The van der Waals surface area contributed by atoms with E-state index in [0.29, 0.717) is 12.1 Å². The van der Waals surface area contributed by atoms with Crippen LogP contribution in [-0.4, -0.2) is 74.9 Å². The third kappa shape index (κ3) is 7.61. The van der Waals surface area contributed by atoms with E-state index < -0.39 is 41.5 Å². The number of aromatic hydroxyl groups is 4. The molecular formula is C12H12MgO11S2. The summed E-state index contributed by atoms with van der Waals surface area (Å²) in [4.78, 5) is -1.63. The Labute approximate surface area is 164 Å². The Kier molecular flexibility index (Phi) is 9.92. The maximum Gasteiger partial charge on any atom is 2.00 e. The van der Waals surface area contributed by atoms with Gasteiger partial charge in [0.1, 0.15) is 43.2 Å². The van der Waals surface area contributed by atoms with E-state index >= 15 is 0 Å². The van der Waals surface area contributed by atoms with Crippen LogP contribution in [0.25, 0.3) is 0 Å². The molecule has 0 atom stereocenters. The van der Waals surface area contributed by atoms with Gasteiger partial charge in [0, 0.05) is 12.1 Å². The predicted octanol–water partition coefficient (Wildman–Crippen LogP) is -1.20. The Hall–Kier alpha value is -1.81. The van der Waals surface area contributed by atoms with E-state index in [1.807, 2.05) is 0 Å². The molecule has 2 aromatic rings. The van der Waals surface area contributed by atoms with Crippen LogP contribution in [0.15, 0.2) is 46.2 Å². The third-order valence-corrected chi connectivity index (χ3v) is 4.16. The number of hydrogen-bond donors (Lipinski definition) is 4. The fourth-order valence-electron chi connectivity index (χ4n) is 1.41. The van der Waals surface area contributed by atoms with Gasteiger partial charge >= 0.3 is 23.1 Å². The molecule has 11 nitrogen and oxygen atoms in total. The quantitative estimate of drug-likeness (QED) is 0.257. The van der Waals surface area contributed by atoms with Crippen LogP contribution in [-0.2, 0) is 20.2 Å².